The van der Waals surface area contributed by atoms with Crippen molar-refractivity contribution in [3.8, 4) is 0 Å². The van der Waals surface area contributed by atoms with Crippen LogP contribution in [0.4, 0.5) is 13.2 Å². The van der Waals surface area contributed by atoms with Crippen LogP contribution >= 0.6 is 24.0 Å². The minimum Gasteiger partial charge on any atom is -0.396 e. The van der Waals surface area contributed by atoms with E-state index < -0.39 is 23.2 Å². The summed E-state index contributed by atoms with van der Waals surface area (Å²) in [6.45, 7) is 5.91. The van der Waals surface area contributed by atoms with E-state index in [-0.39, 0.29) is 29.6 Å². The van der Waals surface area contributed by atoms with Crippen molar-refractivity contribution in [1.82, 2.24) is 10.2 Å². The molecule has 1 saturated heterocycles. The molecule has 0 aliphatic carbocycles. The van der Waals surface area contributed by atoms with Crippen LogP contribution in [-0.2, 0) is 6.18 Å². The third kappa shape index (κ3) is 4.55. The summed E-state index contributed by atoms with van der Waals surface area (Å²) in [4.78, 5) is 1.98. The average molecular weight is 387 g/mol. The monoisotopic (exact) mass is 386 g/mol. The first-order valence-corrected chi connectivity index (χ1v) is 7.97. The molecule has 1 aromatic carbocycles. The van der Waals surface area contributed by atoms with Crippen LogP contribution in [0.15, 0.2) is 18.2 Å². The number of piperazine rings is 1. The molecule has 0 saturated carbocycles. The molecule has 1 heterocycles. The van der Waals surface area contributed by atoms with E-state index in [2.05, 4.69) is 5.32 Å². The first kappa shape index (κ1) is 21.5. The van der Waals surface area contributed by atoms with Gasteiger partial charge in [-0.2, -0.15) is 13.2 Å². The van der Waals surface area contributed by atoms with Crippen LogP contribution in [-0.4, -0.2) is 42.8 Å². The van der Waals surface area contributed by atoms with Gasteiger partial charge in [-0.1, -0.05) is 31.5 Å². The molecule has 0 bridgehead atoms. The Morgan fingerprint density at radius 1 is 1.25 bits per heavy atom. The molecular weight excluding hydrogens is 364 g/mol. The standard InChI is InChI=1S/C16H22ClF3N2O.ClH/c1-15(2,10-23)14(22-8-6-21-7-9-22)13-11(16(18,19)20)4-3-5-12(13)17;/h3-5,14,21,23H,6-10H2,1-2H3;1H/t14-;/m0./s1. The maximum absolute atomic E-state index is 13.5. The maximum atomic E-state index is 13.5. The van der Waals surface area contributed by atoms with Crippen molar-refractivity contribution in [2.45, 2.75) is 26.1 Å². The number of nitrogens with zero attached hydrogens (tertiary/aromatic N) is 1. The number of rotatable bonds is 4. The molecule has 1 atom stereocenters. The highest BCUT2D eigenvalue weighted by atomic mass is 35.5. The lowest BCUT2D eigenvalue weighted by Gasteiger charge is -2.44. The smallest absolute Gasteiger partial charge is 0.396 e. The molecule has 1 aliphatic heterocycles. The van der Waals surface area contributed by atoms with Crippen molar-refractivity contribution in [2.75, 3.05) is 32.8 Å². The van der Waals surface area contributed by atoms with Gasteiger partial charge >= 0.3 is 6.18 Å². The third-order valence-electron chi connectivity index (χ3n) is 4.30. The first-order valence-electron chi connectivity index (χ1n) is 7.59. The van der Waals surface area contributed by atoms with Gasteiger partial charge in [0.2, 0.25) is 0 Å². The maximum Gasteiger partial charge on any atom is 0.416 e. The molecule has 0 spiro atoms. The largest absolute Gasteiger partial charge is 0.416 e. The quantitative estimate of drug-likeness (QED) is 0.826. The Balaban J connectivity index is 0.00000288. The van der Waals surface area contributed by atoms with Crippen molar-refractivity contribution in [3.05, 3.63) is 34.3 Å². The van der Waals surface area contributed by atoms with E-state index in [9.17, 15) is 18.3 Å². The number of nitrogens with one attached hydrogen (secondary N) is 1. The van der Waals surface area contributed by atoms with Gasteiger partial charge in [0.15, 0.2) is 0 Å². The second kappa shape index (κ2) is 8.23. The van der Waals surface area contributed by atoms with Gasteiger partial charge in [-0.15, -0.1) is 12.4 Å². The fourth-order valence-electron chi connectivity index (χ4n) is 3.16. The van der Waals surface area contributed by atoms with E-state index >= 15 is 0 Å². The molecule has 1 fully saturated rings. The van der Waals surface area contributed by atoms with Gasteiger partial charge in [-0.3, -0.25) is 4.90 Å². The molecule has 2 rings (SSSR count). The zero-order valence-electron chi connectivity index (χ0n) is 13.7. The van der Waals surface area contributed by atoms with E-state index in [1.807, 2.05) is 4.90 Å². The summed E-state index contributed by atoms with van der Waals surface area (Å²) in [5, 5.41) is 13.1. The number of hydrogen-bond acceptors (Lipinski definition) is 3. The molecule has 0 unspecified atom stereocenters. The van der Waals surface area contributed by atoms with E-state index in [4.69, 9.17) is 11.6 Å². The molecule has 24 heavy (non-hydrogen) atoms. The van der Waals surface area contributed by atoms with Crippen LogP contribution in [0.25, 0.3) is 0 Å². The third-order valence-corrected chi connectivity index (χ3v) is 4.63. The van der Waals surface area contributed by atoms with Crippen molar-refractivity contribution in [3.63, 3.8) is 0 Å². The highest BCUT2D eigenvalue weighted by molar-refractivity contribution is 6.31. The van der Waals surface area contributed by atoms with Crippen LogP contribution < -0.4 is 5.32 Å². The molecule has 3 nitrogen and oxygen atoms in total. The van der Waals surface area contributed by atoms with Gasteiger partial charge in [0.05, 0.1) is 5.56 Å². The predicted molar refractivity (Wildman–Crippen MR) is 91.8 cm³/mol. The highest BCUT2D eigenvalue weighted by Gasteiger charge is 2.43. The van der Waals surface area contributed by atoms with Gasteiger partial charge in [0, 0.05) is 54.8 Å². The number of aliphatic hydroxyl groups is 1. The number of aliphatic hydroxyl groups excluding tert-OH is 1. The number of hydrogen-bond donors (Lipinski definition) is 2. The lowest BCUT2D eigenvalue weighted by molar-refractivity contribution is -0.139. The molecule has 0 aromatic heterocycles. The lowest BCUT2D eigenvalue weighted by Crippen LogP contribution is -2.50. The minimum absolute atomic E-state index is 0. The summed E-state index contributed by atoms with van der Waals surface area (Å²) >= 11 is 6.19. The van der Waals surface area contributed by atoms with Crippen LogP contribution in [0.1, 0.15) is 31.0 Å². The molecule has 0 radical (unpaired) electrons. The highest BCUT2D eigenvalue weighted by Crippen LogP contribution is 2.46. The first-order chi connectivity index (χ1) is 10.7. The van der Waals surface area contributed by atoms with E-state index in [0.29, 0.717) is 26.2 Å². The Morgan fingerprint density at radius 2 is 1.83 bits per heavy atom. The van der Waals surface area contributed by atoms with Crippen molar-refractivity contribution in [2.24, 2.45) is 5.41 Å². The van der Waals surface area contributed by atoms with E-state index in [0.717, 1.165) is 6.07 Å². The van der Waals surface area contributed by atoms with Crippen molar-refractivity contribution >= 4 is 24.0 Å². The summed E-state index contributed by atoms with van der Waals surface area (Å²) in [6.07, 6.45) is -4.49. The average Bonchev–Trinajstić information content (AvgIpc) is 2.49. The van der Waals surface area contributed by atoms with Crippen LogP contribution in [0.5, 0.6) is 0 Å². The molecule has 8 heteroatoms. The van der Waals surface area contributed by atoms with E-state index in [1.165, 1.54) is 12.1 Å². The lowest BCUT2D eigenvalue weighted by atomic mass is 9.78. The van der Waals surface area contributed by atoms with Crippen molar-refractivity contribution in [1.29, 1.82) is 0 Å². The SMILES string of the molecule is CC(C)(CO)[C@H](c1c(Cl)cccc1C(F)(F)F)N1CCNCC1.Cl. The van der Waals surface area contributed by atoms with Gasteiger partial charge in [-0.25, -0.2) is 0 Å². The Bertz CT molecular complexity index is 547. The van der Waals surface area contributed by atoms with E-state index in [1.54, 1.807) is 13.8 Å². The Morgan fingerprint density at radius 3 is 2.33 bits per heavy atom. The molecule has 0 amide bonds. The fraction of sp³-hybridized carbons (Fsp3) is 0.625. The topological polar surface area (TPSA) is 35.5 Å². The molecular formula is C16H23Cl2F3N2O. The zero-order chi connectivity index (χ0) is 17.3. The number of halogens is 5. The summed E-state index contributed by atoms with van der Waals surface area (Å²) < 4.78 is 40.5. The van der Waals surface area contributed by atoms with Crippen LogP contribution in [0, 0.1) is 5.41 Å². The molecule has 2 N–H and O–H groups in total. The fourth-order valence-corrected chi connectivity index (χ4v) is 3.43. The van der Waals surface area contributed by atoms with Crippen LogP contribution in [0.2, 0.25) is 5.02 Å². The number of alkyl halides is 3. The summed E-state index contributed by atoms with van der Waals surface area (Å²) in [5.74, 6) is 0. The number of benzene rings is 1. The van der Waals surface area contributed by atoms with Gasteiger partial charge in [0.25, 0.3) is 0 Å². The summed E-state index contributed by atoms with van der Waals surface area (Å²) in [6, 6.07) is 3.24. The molecule has 1 aromatic rings. The zero-order valence-corrected chi connectivity index (χ0v) is 15.2. The normalized spacial score (nSPS) is 18.1. The second-order valence-electron chi connectivity index (χ2n) is 6.53. The Kier molecular flexibility index (Phi) is 7.38. The van der Waals surface area contributed by atoms with Gasteiger partial charge in [-0.05, 0) is 12.1 Å². The Labute approximate surface area is 151 Å². The predicted octanol–water partition coefficient (Wildman–Crippen LogP) is 3.75. The second-order valence-corrected chi connectivity index (χ2v) is 6.94. The summed E-state index contributed by atoms with van der Waals surface area (Å²) in [7, 11) is 0. The summed E-state index contributed by atoms with van der Waals surface area (Å²) in [5.41, 5.74) is -1.43. The minimum atomic E-state index is -4.49. The molecule has 1 aliphatic rings. The van der Waals surface area contributed by atoms with Gasteiger partial charge in [0.1, 0.15) is 0 Å². The van der Waals surface area contributed by atoms with Crippen molar-refractivity contribution < 1.29 is 18.3 Å². The Hall–Kier alpha value is -0.530. The van der Waals surface area contributed by atoms with Gasteiger partial charge < -0.3 is 10.4 Å². The van der Waals surface area contributed by atoms with Crippen LogP contribution in [0.3, 0.4) is 0 Å². The molecule has 138 valence electrons.